The Morgan fingerprint density at radius 1 is 1.20 bits per heavy atom. The lowest BCUT2D eigenvalue weighted by atomic mass is 9.82. The molecule has 108 valence electrons. The zero-order chi connectivity index (χ0) is 15.0. The molecule has 0 aliphatic carbocycles. The predicted octanol–water partition coefficient (Wildman–Crippen LogP) is 3.65. The molecule has 0 bridgehead atoms. The van der Waals surface area contributed by atoms with E-state index in [9.17, 15) is 9.59 Å². The second-order valence-corrected chi connectivity index (χ2v) is 4.63. The van der Waals surface area contributed by atoms with E-state index < -0.39 is 5.92 Å². The SMILES string of the molecule is C=CCC(C(=O)OCC)C(CC)C(=O)c1ccccc1. The second-order valence-electron chi connectivity index (χ2n) is 4.63. The van der Waals surface area contributed by atoms with Gasteiger partial charge in [-0.2, -0.15) is 0 Å². The molecule has 1 aromatic rings. The summed E-state index contributed by atoms with van der Waals surface area (Å²) in [5.41, 5.74) is 0.637. The topological polar surface area (TPSA) is 43.4 Å². The molecule has 0 radical (unpaired) electrons. The molecule has 2 atom stereocenters. The summed E-state index contributed by atoms with van der Waals surface area (Å²) in [5.74, 6) is -1.14. The van der Waals surface area contributed by atoms with Crippen LogP contribution < -0.4 is 0 Å². The van der Waals surface area contributed by atoms with Crippen LogP contribution in [-0.4, -0.2) is 18.4 Å². The minimum absolute atomic E-state index is 0.00648. The van der Waals surface area contributed by atoms with Crippen LogP contribution in [0.1, 0.15) is 37.0 Å². The lowest BCUT2D eigenvalue weighted by Crippen LogP contribution is -2.31. The van der Waals surface area contributed by atoms with Crippen molar-refractivity contribution in [1.29, 1.82) is 0 Å². The van der Waals surface area contributed by atoms with Gasteiger partial charge in [0.05, 0.1) is 12.5 Å². The first-order chi connectivity index (χ1) is 9.65. The zero-order valence-electron chi connectivity index (χ0n) is 12.2. The van der Waals surface area contributed by atoms with E-state index in [1.54, 1.807) is 25.1 Å². The van der Waals surface area contributed by atoms with Crippen LogP contribution in [0.2, 0.25) is 0 Å². The molecular formula is C17H22O3. The average Bonchev–Trinajstić information content (AvgIpc) is 2.48. The smallest absolute Gasteiger partial charge is 0.309 e. The average molecular weight is 274 g/mol. The molecule has 0 fully saturated rings. The summed E-state index contributed by atoms with van der Waals surface area (Å²) in [6, 6.07) is 9.08. The van der Waals surface area contributed by atoms with Crippen molar-refractivity contribution in [3.8, 4) is 0 Å². The van der Waals surface area contributed by atoms with E-state index in [-0.39, 0.29) is 17.7 Å². The van der Waals surface area contributed by atoms with Gasteiger partial charge in [0.15, 0.2) is 5.78 Å². The highest BCUT2D eigenvalue weighted by atomic mass is 16.5. The number of carbonyl (C=O) groups is 2. The van der Waals surface area contributed by atoms with Crippen LogP contribution in [0.4, 0.5) is 0 Å². The molecule has 0 saturated carbocycles. The largest absolute Gasteiger partial charge is 0.466 e. The fourth-order valence-corrected chi connectivity index (χ4v) is 2.32. The Hall–Kier alpha value is -1.90. The van der Waals surface area contributed by atoms with Crippen molar-refractivity contribution in [1.82, 2.24) is 0 Å². The van der Waals surface area contributed by atoms with Crippen LogP contribution in [0.3, 0.4) is 0 Å². The lowest BCUT2D eigenvalue weighted by Gasteiger charge is -2.22. The molecule has 1 aromatic carbocycles. The molecule has 1 rings (SSSR count). The van der Waals surface area contributed by atoms with E-state index in [1.807, 2.05) is 25.1 Å². The highest BCUT2D eigenvalue weighted by molar-refractivity contribution is 6.00. The molecule has 3 nitrogen and oxygen atoms in total. The van der Waals surface area contributed by atoms with Gasteiger partial charge < -0.3 is 4.74 Å². The minimum Gasteiger partial charge on any atom is -0.466 e. The van der Waals surface area contributed by atoms with Gasteiger partial charge in [0, 0.05) is 11.5 Å². The van der Waals surface area contributed by atoms with Gasteiger partial charge in [-0.1, -0.05) is 43.3 Å². The number of ether oxygens (including phenoxy) is 1. The third kappa shape index (κ3) is 4.05. The fourth-order valence-electron chi connectivity index (χ4n) is 2.32. The van der Waals surface area contributed by atoms with Crippen molar-refractivity contribution in [2.45, 2.75) is 26.7 Å². The Balaban J connectivity index is 2.98. The van der Waals surface area contributed by atoms with Crippen LogP contribution >= 0.6 is 0 Å². The maximum Gasteiger partial charge on any atom is 0.309 e. The van der Waals surface area contributed by atoms with E-state index in [2.05, 4.69) is 6.58 Å². The van der Waals surface area contributed by atoms with Crippen LogP contribution in [0.25, 0.3) is 0 Å². The summed E-state index contributed by atoms with van der Waals surface area (Å²) in [7, 11) is 0. The molecule has 0 N–H and O–H groups in total. The van der Waals surface area contributed by atoms with Gasteiger partial charge in [0.2, 0.25) is 0 Å². The molecule has 0 aromatic heterocycles. The van der Waals surface area contributed by atoms with Crippen LogP contribution in [0.15, 0.2) is 43.0 Å². The highest BCUT2D eigenvalue weighted by Crippen LogP contribution is 2.25. The van der Waals surface area contributed by atoms with Gasteiger partial charge in [-0.25, -0.2) is 0 Å². The van der Waals surface area contributed by atoms with Gasteiger partial charge in [0.25, 0.3) is 0 Å². The van der Waals surface area contributed by atoms with E-state index in [0.29, 0.717) is 25.0 Å². The number of hydrogen-bond acceptors (Lipinski definition) is 3. The third-order valence-electron chi connectivity index (χ3n) is 3.33. The maximum absolute atomic E-state index is 12.6. The van der Waals surface area contributed by atoms with Gasteiger partial charge in [-0.15, -0.1) is 6.58 Å². The standard InChI is InChI=1S/C17H22O3/c1-4-10-15(17(19)20-6-3)14(5-2)16(18)13-11-8-7-9-12-13/h4,7-9,11-12,14-15H,1,5-6,10H2,2-3H3. The molecule has 0 saturated heterocycles. The number of benzene rings is 1. The number of allylic oxidation sites excluding steroid dienone is 1. The summed E-state index contributed by atoms with van der Waals surface area (Å²) < 4.78 is 5.09. The van der Waals surface area contributed by atoms with Gasteiger partial charge in [-0.3, -0.25) is 9.59 Å². The molecule has 2 unspecified atom stereocenters. The number of ketones is 1. The number of rotatable bonds is 8. The van der Waals surface area contributed by atoms with Gasteiger partial charge >= 0.3 is 5.97 Å². The molecule has 0 amide bonds. The normalized spacial score (nSPS) is 13.3. The maximum atomic E-state index is 12.6. The molecule has 20 heavy (non-hydrogen) atoms. The predicted molar refractivity (Wildman–Crippen MR) is 79.5 cm³/mol. The van der Waals surface area contributed by atoms with Gasteiger partial charge in [-0.05, 0) is 19.8 Å². The van der Waals surface area contributed by atoms with Crippen LogP contribution in [-0.2, 0) is 9.53 Å². The Morgan fingerprint density at radius 2 is 1.85 bits per heavy atom. The Labute approximate surface area is 120 Å². The minimum atomic E-state index is -0.454. The number of esters is 1. The summed E-state index contributed by atoms with van der Waals surface area (Å²) in [5, 5.41) is 0. The molecule has 0 aliphatic rings. The van der Waals surface area contributed by atoms with Crippen molar-refractivity contribution in [2.24, 2.45) is 11.8 Å². The second kappa shape index (κ2) is 8.31. The molecular weight excluding hydrogens is 252 g/mol. The monoisotopic (exact) mass is 274 g/mol. The van der Waals surface area contributed by atoms with Crippen LogP contribution in [0.5, 0.6) is 0 Å². The first kappa shape index (κ1) is 16.2. The third-order valence-corrected chi connectivity index (χ3v) is 3.33. The van der Waals surface area contributed by atoms with Crippen LogP contribution in [0, 0.1) is 11.8 Å². The van der Waals surface area contributed by atoms with Crippen molar-refractivity contribution in [2.75, 3.05) is 6.61 Å². The first-order valence-electron chi connectivity index (χ1n) is 7.02. The number of hydrogen-bond donors (Lipinski definition) is 0. The fraction of sp³-hybridized carbons (Fsp3) is 0.412. The quantitative estimate of drug-likeness (QED) is 0.413. The summed E-state index contributed by atoms with van der Waals surface area (Å²) in [4.78, 5) is 24.6. The van der Waals surface area contributed by atoms with Crippen molar-refractivity contribution in [3.63, 3.8) is 0 Å². The van der Waals surface area contributed by atoms with Crippen molar-refractivity contribution in [3.05, 3.63) is 48.6 Å². The van der Waals surface area contributed by atoms with Crippen molar-refractivity contribution < 1.29 is 14.3 Å². The lowest BCUT2D eigenvalue weighted by molar-refractivity contribution is -0.149. The summed E-state index contributed by atoms with van der Waals surface area (Å²) in [6.45, 7) is 7.68. The highest BCUT2D eigenvalue weighted by Gasteiger charge is 2.32. The first-order valence-corrected chi connectivity index (χ1v) is 7.02. The number of carbonyl (C=O) groups excluding carboxylic acids is 2. The van der Waals surface area contributed by atoms with Crippen molar-refractivity contribution >= 4 is 11.8 Å². The number of Topliss-reactive ketones (excluding diaryl/α,β-unsaturated/α-hetero) is 1. The zero-order valence-corrected chi connectivity index (χ0v) is 12.2. The summed E-state index contributed by atoms with van der Waals surface area (Å²) >= 11 is 0. The van der Waals surface area contributed by atoms with E-state index in [0.717, 1.165) is 0 Å². The molecule has 3 heteroatoms. The Kier molecular flexibility index (Phi) is 6.71. The van der Waals surface area contributed by atoms with E-state index in [4.69, 9.17) is 4.74 Å². The molecule has 0 heterocycles. The van der Waals surface area contributed by atoms with E-state index in [1.165, 1.54) is 0 Å². The molecule has 0 aliphatic heterocycles. The van der Waals surface area contributed by atoms with Gasteiger partial charge in [0.1, 0.15) is 0 Å². The van der Waals surface area contributed by atoms with E-state index >= 15 is 0 Å². The Bertz CT molecular complexity index is 451. The molecule has 0 spiro atoms. The Morgan fingerprint density at radius 3 is 2.35 bits per heavy atom. The summed E-state index contributed by atoms with van der Waals surface area (Å²) in [6.07, 6.45) is 2.73.